The van der Waals surface area contributed by atoms with Crippen molar-refractivity contribution in [1.29, 1.82) is 0 Å². The summed E-state index contributed by atoms with van der Waals surface area (Å²) in [5, 5.41) is 24.4. The molecule has 1 saturated heterocycles. The molecule has 3 aromatic rings. The molecule has 228 valence electrons. The second-order valence-corrected chi connectivity index (χ2v) is 13.9. The molecule has 2 fully saturated rings. The van der Waals surface area contributed by atoms with Crippen molar-refractivity contribution in [3.8, 4) is 5.75 Å². The summed E-state index contributed by atoms with van der Waals surface area (Å²) in [6.45, 7) is 3.48. The molecule has 0 radical (unpaired) electrons. The first-order valence-corrected chi connectivity index (χ1v) is 15.3. The molecule has 2 aromatic heterocycles. The van der Waals surface area contributed by atoms with Crippen molar-refractivity contribution in [2.75, 3.05) is 18.4 Å². The number of piperidine rings is 1. The Kier molecular flexibility index (Phi) is 8.02. The van der Waals surface area contributed by atoms with Crippen molar-refractivity contribution in [3.05, 3.63) is 52.4 Å². The van der Waals surface area contributed by atoms with E-state index in [0.29, 0.717) is 19.3 Å². The van der Waals surface area contributed by atoms with Crippen molar-refractivity contribution < 1.29 is 32.1 Å². The van der Waals surface area contributed by atoms with Crippen LogP contribution in [0.1, 0.15) is 64.5 Å². The highest BCUT2D eigenvalue weighted by Crippen LogP contribution is 2.38. The Balaban J connectivity index is 1.35. The zero-order valence-corrected chi connectivity index (χ0v) is 24.4. The van der Waals surface area contributed by atoms with Gasteiger partial charge in [0.25, 0.3) is 5.56 Å². The fraction of sp³-hybridized carbons (Fsp3) is 0.536. The molecule has 0 bridgehead atoms. The van der Waals surface area contributed by atoms with Crippen molar-refractivity contribution in [2.24, 2.45) is 0 Å². The van der Waals surface area contributed by atoms with Gasteiger partial charge >= 0.3 is 6.61 Å². The van der Waals surface area contributed by atoms with E-state index >= 15 is 0 Å². The normalized spacial score (nSPS) is 20.3. The molecule has 0 spiro atoms. The highest BCUT2D eigenvalue weighted by atomic mass is 32.2. The number of hydrogen-bond donors (Lipinski definition) is 3. The molecule has 1 aliphatic heterocycles. The number of sulfonamides is 1. The number of aliphatic hydroxyl groups is 2. The van der Waals surface area contributed by atoms with Gasteiger partial charge in [0.1, 0.15) is 5.65 Å². The van der Waals surface area contributed by atoms with Gasteiger partial charge < -0.3 is 20.3 Å². The molecule has 1 saturated carbocycles. The van der Waals surface area contributed by atoms with Crippen LogP contribution in [0.25, 0.3) is 11.0 Å². The lowest BCUT2D eigenvalue weighted by Gasteiger charge is -2.32. The predicted molar refractivity (Wildman–Crippen MR) is 151 cm³/mol. The van der Waals surface area contributed by atoms with Crippen LogP contribution < -0.4 is 15.6 Å². The molecule has 5 rings (SSSR count). The van der Waals surface area contributed by atoms with Gasteiger partial charge in [0.2, 0.25) is 16.0 Å². The smallest absolute Gasteiger partial charge is 0.387 e. The number of nitrogens with one attached hydrogen (secondary N) is 1. The minimum Gasteiger partial charge on any atom is -0.429 e. The molecule has 42 heavy (non-hydrogen) atoms. The molecule has 11 nitrogen and oxygen atoms in total. The minimum atomic E-state index is -3.67. The molecule has 14 heteroatoms. The molecule has 0 amide bonds. The molecule has 0 unspecified atom stereocenters. The van der Waals surface area contributed by atoms with Crippen LogP contribution in [0.4, 0.5) is 14.7 Å². The molecule has 1 atom stereocenters. The fourth-order valence-corrected chi connectivity index (χ4v) is 7.09. The summed E-state index contributed by atoms with van der Waals surface area (Å²) in [5.74, 6) is -2.74. The number of benzene rings is 1. The number of nitrogens with zero attached hydrogens (tertiary/aromatic N) is 4. The molecule has 1 aromatic carbocycles. The van der Waals surface area contributed by atoms with Crippen LogP contribution in [0.5, 0.6) is 5.75 Å². The number of halogens is 2. The quantitative estimate of drug-likeness (QED) is 0.344. The molecule has 1 aliphatic carbocycles. The average Bonchev–Trinajstić information content (AvgIpc) is 3.27. The van der Waals surface area contributed by atoms with Crippen LogP contribution >= 0.6 is 0 Å². The van der Waals surface area contributed by atoms with Crippen LogP contribution in [0, 0.1) is 0 Å². The first-order valence-electron chi connectivity index (χ1n) is 13.9. The number of anilines is 1. The van der Waals surface area contributed by atoms with E-state index in [1.807, 2.05) is 12.1 Å². The van der Waals surface area contributed by atoms with E-state index in [-0.39, 0.29) is 59.3 Å². The van der Waals surface area contributed by atoms with E-state index in [0.717, 1.165) is 16.2 Å². The Morgan fingerprint density at radius 3 is 2.36 bits per heavy atom. The number of ether oxygens (including phenoxy) is 1. The largest absolute Gasteiger partial charge is 0.429 e. The van der Waals surface area contributed by atoms with Crippen molar-refractivity contribution in [1.82, 2.24) is 18.8 Å². The first-order chi connectivity index (χ1) is 19.7. The Hall–Kier alpha value is -3.20. The van der Waals surface area contributed by atoms with Gasteiger partial charge in [-0.2, -0.15) is 18.1 Å². The number of rotatable bonds is 7. The van der Waals surface area contributed by atoms with Crippen LogP contribution in [0.2, 0.25) is 0 Å². The van der Waals surface area contributed by atoms with Crippen molar-refractivity contribution in [3.63, 3.8) is 0 Å². The number of pyridine rings is 1. The third-order valence-corrected chi connectivity index (χ3v) is 9.88. The maximum Gasteiger partial charge on any atom is 0.387 e. The van der Waals surface area contributed by atoms with E-state index in [9.17, 15) is 32.2 Å². The Bertz CT molecular complexity index is 1610. The third-order valence-electron chi connectivity index (χ3n) is 7.97. The SMILES string of the molecule is CC(C)(C)c1ccc(S(=O)(=O)N2CCC(Nc3ncc4cc(OC(F)F)c(=O)n([C@@H]5CCCC5(O)O)c4n3)CC2)cc1. The summed E-state index contributed by atoms with van der Waals surface area (Å²) in [5.41, 5.74) is 0.0295. The van der Waals surface area contributed by atoms with E-state index in [1.54, 1.807) is 12.1 Å². The molecule has 2 aliphatic rings. The minimum absolute atomic E-state index is 0.00391. The van der Waals surface area contributed by atoms with E-state index in [4.69, 9.17) is 0 Å². The predicted octanol–water partition coefficient (Wildman–Crippen LogP) is 3.36. The van der Waals surface area contributed by atoms with Crippen LogP contribution in [-0.2, 0) is 15.4 Å². The molecular formula is C28H35F2N5O6S. The summed E-state index contributed by atoms with van der Waals surface area (Å²) in [4.78, 5) is 22.1. The Labute approximate surface area is 242 Å². The fourth-order valence-electron chi connectivity index (χ4n) is 5.62. The average molecular weight is 608 g/mol. The van der Waals surface area contributed by atoms with E-state index < -0.39 is 39.8 Å². The van der Waals surface area contributed by atoms with Crippen LogP contribution in [0.3, 0.4) is 0 Å². The van der Waals surface area contributed by atoms with Crippen molar-refractivity contribution >= 4 is 27.0 Å². The zero-order chi connectivity index (χ0) is 30.4. The highest BCUT2D eigenvalue weighted by molar-refractivity contribution is 7.89. The number of fused-ring (bicyclic) bond motifs is 1. The number of alkyl halides is 2. The standard InChI is InChI=1S/C28H35F2N5O6S/c1-27(2,3)18-6-8-20(9-7-18)42(39,40)34-13-10-19(11-14-34)32-26-31-16-17-15-21(41-25(29)30)24(36)35(23(17)33-26)22-5-4-12-28(22,37)38/h6-9,15-16,19,22,25,37-38H,4-5,10-14H2,1-3H3,(H,31,32,33)/t22-/m1/s1. The Morgan fingerprint density at radius 2 is 1.79 bits per heavy atom. The van der Waals surface area contributed by atoms with Gasteiger partial charge in [-0.05, 0) is 54.9 Å². The van der Waals surface area contributed by atoms with Gasteiger partial charge in [-0.15, -0.1) is 0 Å². The molecule has 3 N–H and O–H groups in total. The zero-order valence-electron chi connectivity index (χ0n) is 23.6. The van der Waals surface area contributed by atoms with Gasteiger partial charge in [0, 0.05) is 37.1 Å². The maximum absolute atomic E-state index is 13.3. The second kappa shape index (κ2) is 11.1. The number of hydrogen-bond acceptors (Lipinski definition) is 9. The third kappa shape index (κ3) is 5.98. The van der Waals surface area contributed by atoms with Crippen LogP contribution in [-0.4, -0.2) is 69.0 Å². The van der Waals surface area contributed by atoms with E-state index in [1.165, 1.54) is 10.5 Å². The number of aromatic nitrogens is 3. The van der Waals surface area contributed by atoms with Crippen molar-refractivity contribution in [2.45, 2.75) is 87.7 Å². The lowest BCUT2D eigenvalue weighted by atomic mass is 9.87. The summed E-state index contributed by atoms with van der Waals surface area (Å²) in [6.07, 6.45) is 2.90. The first kappa shape index (κ1) is 30.3. The lowest BCUT2D eigenvalue weighted by molar-refractivity contribution is -0.179. The summed E-state index contributed by atoms with van der Waals surface area (Å²) in [7, 11) is -3.67. The lowest BCUT2D eigenvalue weighted by Crippen LogP contribution is -2.42. The van der Waals surface area contributed by atoms with Gasteiger partial charge in [-0.25, -0.2) is 13.4 Å². The van der Waals surface area contributed by atoms with Gasteiger partial charge in [0.15, 0.2) is 11.5 Å². The molecule has 3 heterocycles. The Morgan fingerprint density at radius 1 is 1.12 bits per heavy atom. The topological polar surface area (TPSA) is 147 Å². The van der Waals surface area contributed by atoms with Gasteiger partial charge in [0.05, 0.1) is 10.9 Å². The van der Waals surface area contributed by atoms with Gasteiger partial charge in [-0.1, -0.05) is 32.9 Å². The monoisotopic (exact) mass is 607 g/mol. The highest BCUT2D eigenvalue weighted by Gasteiger charge is 2.42. The molecular weight excluding hydrogens is 572 g/mol. The summed E-state index contributed by atoms with van der Waals surface area (Å²) >= 11 is 0. The maximum atomic E-state index is 13.3. The van der Waals surface area contributed by atoms with Crippen LogP contribution in [0.15, 0.2) is 46.2 Å². The van der Waals surface area contributed by atoms with Gasteiger partial charge in [-0.3, -0.25) is 9.36 Å². The summed E-state index contributed by atoms with van der Waals surface area (Å²) in [6, 6.07) is 6.75. The van der Waals surface area contributed by atoms with E-state index in [2.05, 4.69) is 40.8 Å². The second-order valence-electron chi connectivity index (χ2n) is 11.9. The summed E-state index contributed by atoms with van der Waals surface area (Å²) < 4.78 is 59.3.